The van der Waals surface area contributed by atoms with Crippen molar-refractivity contribution in [2.45, 2.75) is 6.92 Å². The minimum absolute atomic E-state index is 0.201. The lowest BCUT2D eigenvalue weighted by Gasteiger charge is -2.02. The molecule has 0 saturated heterocycles. The number of rotatable bonds is 4. The van der Waals surface area contributed by atoms with Gasteiger partial charge in [-0.05, 0) is 30.2 Å². The highest BCUT2D eigenvalue weighted by molar-refractivity contribution is 7.18. The van der Waals surface area contributed by atoms with E-state index in [1.807, 2.05) is 31.2 Å². The first-order valence-corrected chi connectivity index (χ1v) is 10.8. The number of thiazole rings is 1. The van der Waals surface area contributed by atoms with Crippen LogP contribution in [0.25, 0.3) is 32.3 Å². The first-order valence-electron chi connectivity index (χ1n) is 9.98. The average Bonchev–Trinajstić information content (AvgIpc) is 3.50. The van der Waals surface area contributed by atoms with E-state index in [0.717, 1.165) is 26.8 Å². The zero-order chi connectivity index (χ0) is 21.9. The van der Waals surface area contributed by atoms with Gasteiger partial charge in [-0.3, -0.25) is 0 Å². The Balaban J connectivity index is 1.43. The maximum absolute atomic E-state index is 5.99. The number of benzene rings is 2. The van der Waals surface area contributed by atoms with Crippen LogP contribution < -0.4 is 5.73 Å². The maximum atomic E-state index is 5.99. The Hall–Kier alpha value is -4.17. The molecule has 0 aliphatic heterocycles. The number of aliphatic imine (C=N–C) groups is 1. The van der Waals surface area contributed by atoms with Crippen molar-refractivity contribution in [3.63, 3.8) is 0 Å². The van der Waals surface area contributed by atoms with E-state index in [9.17, 15) is 0 Å². The van der Waals surface area contributed by atoms with Crippen LogP contribution in [0.1, 0.15) is 5.69 Å². The molecular weight excluding hydrogens is 418 g/mol. The summed E-state index contributed by atoms with van der Waals surface area (Å²) in [5.41, 5.74) is 11.1. The van der Waals surface area contributed by atoms with Crippen LogP contribution in [0.4, 0.5) is 5.95 Å². The van der Waals surface area contributed by atoms with Crippen molar-refractivity contribution < 1.29 is 0 Å². The molecule has 0 unspecified atom stereocenters. The van der Waals surface area contributed by atoms with Crippen molar-refractivity contribution in [3.8, 4) is 32.3 Å². The SMILES string of the molecule is Cc1nc(-c2ccc(-c3ccccc3)cc2)sc1-c1ccnc(/N=C(/N)n2cccn2)n1. The van der Waals surface area contributed by atoms with Crippen LogP contribution >= 0.6 is 11.3 Å². The Labute approximate surface area is 189 Å². The molecule has 3 heterocycles. The van der Waals surface area contributed by atoms with E-state index < -0.39 is 0 Å². The van der Waals surface area contributed by atoms with Crippen molar-refractivity contribution in [2.24, 2.45) is 10.7 Å². The molecule has 3 aromatic heterocycles. The summed E-state index contributed by atoms with van der Waals surface area (Å²) in [5.74, 6) is 0.476. The van der Waals surface area contributed by atoms with Crippen LogP contribution in [0.3, 0.4) is 0 Å². The standard InChI is InChI=1S/C24H19N7S/c1-16-21(20-12-14-26-24(29-20)30-23(25)31-15-5-13-27-31)32-22(28-16)19-10-8-18(9-11-19)17-6-3-2-4-7-17/h2-15H,1H3,(H2,25,26,29,30). The Morgan fingerprint density at radius 3 is 2.38 bits per heavy atom. The quantitative estimate of drug-likeness (QED) is 0.318. The van der Waals surface area contributed by atoms with Crippen molar-refractivity contribution in [1.29, 1.82) is 0 Å². The molecule has 2 aromatic carbocycles. The highest BCUT2D eigenvalue weighted by Gasteiger charge is 2.14. The second kappa shape index (κ2) is 8.52. The summed E-state index contributed by atoms with van der Waals surface area (Å²) >= 11 is 1.59. The molecule has 0 bridgehead atoms. The lowest BCUT2D eigenvalue weighted by Crippen LogP contribution is -2.22. The molecular formula is C24H19N7S. The molecule has 0 spiro atoms. The molecule has 2 N–H and O–H groups in total. The molecule has 0 fully saturated rings. The third-order valence-corrected chi connectivity index (χ3v) is 6.09. The second-order valence-electron chi connectivity index (χ2n) is 7.04. The van der Waals surface area contributed by atoms with Crippen LogP contribution in [0.5, 0.6) is 0 Å². The van der Waals surface area contributed by atoms with Gasteiger partial charge in [0.15, 0.2) is 0 Å². The largest absolute Gasteiger partial charge is 0.368 e. The summed E-state index contributed by atoms with van der Waals surface area (Å²) in [6.07, 6.45) is 5.02. The van der Waals surface area contributed by atoms with Gasteiger partial charge >= 0.3 is 0 Å². The number of nitrogens with zero attached hydrogens (tertiary/aromatic N) is 6. The lowest BCUT2D eigenvalue weighted by molar-refractivity contribution is 0.915. The van der Waals surface area contributed by atoms with Crippen LogP contribution in [0, 0.1) is 6.92 Å². The molecule has 0 aliphatic carbocycles. The van der Waals surface area contributed by atoms with Gasteiger partial charge in [0, 0.05) is 24.2 Å². The molecule has 0 amide bonds. The summed E-state index contributed by atoms with van der Waals surface area (Å²) < 4.78 is 1.46. The van der Waals surface area contributed by atoms with E-state index in [1.54, 1.807) is 36.0 Å². The van der Waals surface area contributed by atoms with E-state index in [2.05, 4.69) is 56.5 Å². The molecule has 7 nitrogen and oxygen atoms in total. The van der Waals surface area contributed by atoms with E-state index in [1.165, 1.54) is 15.8 Å². The monoisotopic (exact) mass is 437 g/mol. The minimum Gasteiger partial charge on any atom is -0.368 e. The highest BCUT2D eigenvalue weighted by Crippen LogP contribution is 2.35. The number of aryl methyl sites for hydroxylation is 1. The van der Waals surface area contributed by atoms with Gasteiger partial charge in [-0.15, -0.1) is 11.3 Å². The minimum atomic E-state index is 0.201. The zero-order valence-electron chi connectivity index (χ0n) is 17.3. The van der Waals surface area contributed by atoms with Gasteiger partial charge in [0.25, 0.3) is 5.95 Å². The van der Waals surface area contributed by atoms with Gasteiger partial charge in [-0.2, -0.15) is 10.1 Å². The third-order valence-electron chi connectivity index (χ3n) is 4.86. The predicted octanol–water partition coefficient (Wildman–Crippen LogP) is 4.93. The lowest BCUT2D eigenvalue weighted by atomic mass is 10.0. The number of nitrogens with two attached hydrogens (primary N) is 1. The van der Waals surface area contributed by atoms with Crippen molar-refractivity contribution in [2.75, 3.05) is 0 Å². The predicted molar refractivity (Wildman–Crippen MR) is 128 cm³/mol. The third kappa shape index (κ3) is 4.03. The van der Waals surface area contributed by atoms with E-state index >= 15 is 0 Å². The van der Waals surface area contributed by atoms with Crippen molar-refractivity contribution >= 4 is 23.2 Å². The summed E-state index contributed by atoms with van der Waals surface area (Å²) in [6.45, 7) is 1.98. The molecule has 0 saturated carbocycles. The number of aromatic nitrogens is 5. The van der Waals surface area contributed by atoms with Crippen molar-refractivity contribution in [1.82, 2.24) is 24.7 Å². The van der Waals surface area contributed by atoms with Crippen LogP contribution in [0.15, 0.2) is 90.3 Å². The topological polar surface area (TPSA) is 94.9 Å². The molecule has 32 heavy (non-hydrogen) atoms. The number of hydrogen-bond donors (Lipinski definition) is 1. The Kier molecular flexibility index (Phi) is 5.27. The highest BCUT2D eigenvalue weighted by atomic mass is 32.1. The van der Waals surface area contributed by atoms with Gasteiger partial charge < -0.3 is 5.73 Å². The summed E-state index contributed by atoms with van der Waals surface area (Å²) in [7, 11) is 0. The fourth-order valence-corrected chi connectivity index (χ4v) is 4.32. The van der Waals surface area contributed by atoms with Crippen LogP contribution in [0.2, 0.25) is 0 Å². The van der Waals surface area contributed by atoms with Crippen LogP contribution in [-0.2, 0) is 0 Å². The van der Waals surface area contributed by atoms with E-state index in [0.29, 0.717) is 0 Å². The average molecular weight is 438 g/mol. The van der Waals surface area contributed by atoms with Gasteiger partial charge in [0.2, 0.25) is 5.96 Å². The van der Waals surface area contributed by atoms with Gasteiger partial charge in [0.05, 0.1) is 16.3 Å². The molecule has 0 atom stereocenters. The second-order valence-corrected chi connectivity index (χ2v) is 8.04. The smallest absolute Gasteiger partial charge is 0.253 e. The maximum Gasteiger partial charge on any atom is 0.253 e. The van der Waals surface area contributed by atoms with Crippen molar-refractivity contribution in [3.05, 3.63) is 91.0 Å². The molecule has 0 aliphatic rings. The Bertz CT molecular complexity index is 1370. The summed E-state index contributed by atoms with van der Waals surface area (Å²) in [5, 5.41) is 5.01. The van der Waals surface area contributed by atoms with E-state index in [4.69, 9.17) is 10.7 Å². The zero-order valence-corrected chi connectivity index (χ0v) is 18.1. The summed E-state index contributed by atoms with van der Waals surface area (Å²) in [4.78, 5) is 18.8. The van der Waals surface area contributed by atoms with E-state index in [-0.39, 0.29) is 11.9 Å². The normalized spacial score (nSPS) is 11.6. The molecule has 8 heteroatoms. The summed E-state index contributed by atoms with van der Waals surface area (Å²) in [6, 6.07) is 22.4. The fourth-order valence-electron chi connectivity index (χ4n) is 3.28. The van der Waals surface area contributed by atoms with Crippen LogP contribution in [-0.4, -0.2) is 30.7 Å². The molecule has 5 aromatic rings. The molecule has 0 radical (unpaired) electrons. The Morgan fingerprint density at radius 2 is 1.62 bits per heavy atom. The van der Waals surface area contributed by atoms with Gasteiger partial charge in [-0.1, -0.05) is 54.6 Å². The number of hydrogen-bond acceptors (Lipinski definition) is 6. The Morgan fingerprint density at radius 1 is 0.875 bits per heavy atom. The first kappa shape index (κ1) is 19.8. The van der Waals surface area contributed by atoms with Gasteiger partial charge in [0.1, 0.15) is 5.01 Å². The van der Waals surface area contributed by atoms with Gasteiger partial charge in [-0.25, -0.2) is 19.6 Å². The molecule has 156 valence electrons. The molecule has 5 rings (SSSR count). The fraction of sp³-hybridized carbons (Fsp3) is 0.0417. The first-order chi connectivity index (χ1) is 15.7.